The lowest BCUT2D eigenvalue weighted by molar-refractivity contribution is -0.130. The molecule has 0 spiro atoms. The van der Waals surface area contributed by atoms with Gasteiger partial charge in [0.1, 0.15) is 0 Å². The molecule has 0 saturated carbocycles. The lowest BCUT2D eigenvalue weighted by atomic mass is 9.85. The van der Waals surface area contributed by atoms with Crippen molar-refractivity contribution in [1.29, 1.82) is 0 Å². The van der Waals surface area contributed by atoms with E-state index in [4.69, 9.17) is 19.3 Å². The molecule has 6 aliphatic heterocycles. The van der Waals surface area contributed by atoms with Crippen molar-refractivity contribution in [2.75, 3.05) is 34.0 Å². The van der Waals surface area contributed by atoms with Gasteiger partial charge in [-0.05, 0) is 6.42 Å². The van der Waals surface area contributed by atoms with E-state index in [2.05, 4.69) is 22.3 Å². The van der Waals surface area contributed by atoms with Crippen LogP contribution < -0.4 is 10.6 Å². The lowest BCUT2D eigenvalue weighted by Crippen LogP contribution is -2.27. The molecule has 4 saturated heterocycles. The summed E-state index contributed by atoms with van der Waals surface area (Å²) in [6.45, 7) is 3.54. The van der Waals surface area contributed by atoms with Gasteiger partial charge in [0.25, 0.3) is 0 Å². The molecular weight excluding hydrogens is 448 g/mol. The zero-order valence-electron chi connectivity index (χ0n) is 19.5. The second-order valence-electron chi connectivity index (χ2n) is 8.42. The van der Waals surface area contributed by atoms with Crippen molar-refractivity contribution in [3.63, 3.8) is 0 Å². The van der Waals surface area contributed by atoms with Crippen LogP contribution in [-0.2, 0) is 38.1 Å². The summed E-state index contributed by atoms with van der Waals surface area (Å²) in [6.07, 6.45) is 7.94. The van der Waals surface area contributed by atoms with Crippen LogP contribution in [0.15, 0.2) is 24.3 Å². The zero-order valence-corrected chi connectivity index (χ0v) is 19.5. The quantitative estimate of drug-likeness (QED) is 0.343. The number of ether oxygens (including phenoxy) is 4. The summed E-state index contributed by atoms with van der Waals surface area (Å²) in [6, 6.07) is 0. The third-order valence-electron chi connectivity index (χ3n) is 6.21. The summed E-state index contributed by atoms with van der Waals surface area (Å²) < 4.78 is 19.9. The molecule has 0 aromatic carbocycles. The Morgan fingerprint density at radius 3 is 1.21 bits per heavy atom. The van der Waals surface area contributed by atoms with E-state index in [1.807, 2.05) is 24.3 Å². The van der Waals surface area contributed by atoms with Gasteiger partial charge in [-0.1, -0.05) is 31.2 Å². The number of methoxy groups -OCH3 is 2. The van der Waals surface area contributed by atoms with E-state index >= 15 is 0 Å². The Hall–Kier alpha value is -2.44. The number of hydrogen-bond acceptors (Lipinski definition) is 9. The molecule has 0 unspecified atom stereocenters. The van der Waals surface area contributed by atoms with E-state index in [0.717, 1.165) is 13.0 Å². The van der Waals surface area contributed by atoms with E-state index in [0.29, 0.717) is 6.61 Å². The van der Waals surface area contributed by atoms with Crippen LogP contribution in [0.3, 0.4) is 0 Å². The molecule has 6 rings (SSSR count). The van der Waals surface area contributed by atoms with Gasteiger partial charge in [0.2, 0.25) is 23.6 Å². The van der Waals surface area contributed by atoms with Gasteiger partial charge in [-0.2, -0.15) is 0 Å². The summed E-state index contributed by atoms with van der Waals surface area (Å²) in [7, 11) is 3.26. The van der Waals surface area contributed by atoms with Crippen molar-refractivity contribution in [2.24, 2.45) is 23.7 Å². The first-order valence-electron chi connectivity index (χ1n) is 11.3. The van der Waals surface area contributed by atoms with Crippen molar-refractivity contribution in [2.45, 2.75) is 37.8 Å². The van der Waals surface area contributed by atoms with Gasteiger partial charge in [-0.3, -0.25) is 29.8 Å². The maximum absolute atomic E-state index is 11.2. The van der Waals surface area contributed by atoms with E-state index in [9.17, 15) is 19.2 Å². The monoisotopic (exact) mass is 480 g/mol. The highest BCUT2D eigenvalue weighted by atomic mass is 16.5. The van der Waals surface area contributed by atoms with Gasteiger partial charge in [-0.15, -0.1) is 0 Å². The second kappa shape index (κ2) is 11.8. The van der Waals surface area contributed by atoms with Crippen molar-refractivity contribution >= 4 is 23.6 Å². The third-order valence-corrected chi connectivity index (χ3v) is 6.21. The highest BCUT2D eigenvalue weighted by molar-refractivity contribution is 6.07. The molecule has 3 N–H and O–H groups in total. The molecule has 4 bridgehead atoms. The smallest absolute Gasteiger partial charge is 0.233 e. The fourth-order valence-electron chi connectivity index (χ4n) is 4.74. The topological polar surface area (TPSA) is 149 Å². The van der Waals surface area contributed by atoms with Crippen LogP contribution in [0.1, 0.15) is 13.3 Å². The molecule has 0 radical (unpaired) electrons. The zero-order chi connectivity index (χ0) is 24.8. The number of carbonyl (C=O) groups is 4. The normalized spacial score (nSPS) is 36.6. The van der Waals surface area contributed by atoms with Crippen LogP contribution in [-0.4, -0.2) is 87.2 Å². The number of imide groups is 2. The minimum Gasteiger partial charge on any atom is -0.394 e. The van der Waals surface area contributed by atoms with E-state index in [-0.39, 0.29) is 78.3 Å². The average Bonchev–Trinajstić information content (AvgIpc) is 3.64. The third kappa shape index (κ3) is 5.28. The Labute approximate surface area is 197 Å². The number of carbonyl (C=O) groups excluding carboxylic acids is 4. The fraction of sp³-hybridized carbons (Fsp3) is 0.652. The first-order valence-corrected chi connectivity index (χ1v) is 11.3. The van der Waals surface area contributed by atoms with E-state index in [1.54, 1.807) is 14.2 Å². The van der Waals surface area contributed by atoms with E-state index in [1.165, 1.54) is 0 Å². The molecule has 11 nitrogen and oxygen atoms in total. The Bertz CT molecular complexity index is 714. The second-order valence-corrected chi connectivity index (χ2v) is 8.42. The van der Waals surface area contributed by atoms with Crippen LogP contribution in [0.5, 0.6) is 0 Å². The largest absolute Gasteiger partial charge is 0.394 e. The first kappa shape index (κ1) is 26.2. The number of aliphatic hydroxyl groups excluding tert-OH is 1. The number of amides is 4. The van der Waals surface area contributed by atoms with Gasteiger partial charge in [0.15, 0.2) is 0 Å². The lowest BCUT2D eigenvalue weighted by Gasteiger charge is -2.10. The van der Waals surface area contributed by atoms with Crippen molar-refractivity contribution in [3.8, 4) is 0 Å². The molecule has 6 aliphatic rings. The van der Waals surface area contributed by atoms with Crippen LogP contribution >= 0.6 is 0 Å². The molecule has 0 aliphatic carbocycles. The SMILES string of the molecule is CCCOC.COCCO.O=C1NC(=O)[C@H]2[C@@H]1[C@@H]1C=C[C@H]2O1.O=C1NC(=O)[C@H]2[C@@H]1[C@@H]1C=C[C@H]2O1. The van der Waals surface area contributed by atoms with Gasteiger partial charge in [0.05, 0.1) is 61.3 Å². The highest BCUT2D eigenvalue weighted by Gasteiger charge is 2.58. The molecule has 8 atom stereocenters. The Morgan fingerprint density at radius 2 is 1.03 bits per heavy atom. The Morgan fingerprint density at radius 1 is 0.706 bits per heavy atom. The predicted octanol–water partition coefficient (Wildman–Crippen LogP) is -0.907. The Kier molecular flexibility index (Phi) is 9.09. The van der Waals surface area contributed by atoms with Crippen molar-refractivity contribution in [1.82, 2.24) is 10.6 Å². The number of fused-ring (bicyclic) bond motifs is 10. The molecule has 0 aromatic rings. The number of hydrogen-bond donors (Lipinski definition) is 3. The summed E-state index contributed by atoms with van der Waals surface area (Å²) in [5.41, 5.74) is 0. The van der Waals surface area contributed by atoms with E-state index < -0.39 is 0 Å². The number of aliphatic hydroxyl groups is 1. The molecule has 34 heavy (non-hydrogen) atoms. The number of rotatable bonds is 4. The van der Waals surface area contributed by atoms with Gasteiger partial charge in [-0.25, -0.2) is 0 Å². The van der Waals surface area contributed by atoms with Crippen LogP contribution in [0.25, 0.3) is 0 Å². The van der Waals surface area contributed by atoms with Crippen molar-refractivity contribution < 1.29 is 43.2 Å². The molecular formula is C23H32N2O9. The Balaban J connectivity index is 0.000000139. The van der Waals surface area contributed by atoms with Crippen LogP contribution in [0.2, 0.25) is 0 Å². The maximum Gasteiger partial charge on any atom is 0.233 e. The number of nitrogens with one attached hydrogen (secondary N) is 2. The molecule has 11 heteroatoms. The summed E-state index contributed by atoms with van der Waals surface area (Å²) in [5.74, 6) is -1.74. The molecule has 188 valence electrons. The predicted molar refractivity (Wildman–Crippen MR) is 117 cm³/mol. The maximum atomic E-state index is 11.2. The van der Waals surface area contributed by atoms with Crippen LogP contribution in [0, 0.1) is 23.7 Å². The van der Waals surface area contributed by atoms with Gasteiger partial charge >= 0.3 is 0 Å². The standard InChI is InChI=1S/2C8H7NO3.C4H10O.C3H8O2/c2*10-7-5-3-1-2-4(12-3)6(5)8(11)9-7;1-3-4-5-2;1-5-3-2-4/h2*1-6H,(H,9,10,11);3-4H2,1-2H3;4H,2-3H2,1H3/t2*3-,4+,5-,6+;;. The van der Waals surface area contributed by atoms with Gasteiger partial charge < -0.3 is 24.1 Å². The first-order chi connectivity index (χ1) is 16.4. The molecule has 6 heterocycles. The summed E-state index contributed by atoms with van der Waals surface area (Å²) >= 11 is 0. The summed E-state index contributed by atoms with van der Waals surface area (Å²) in [5, 5.41) is 12.6. The molecule has 4 fully saturated rings. The molecule has 0 aromatic heterocycles. The fourth-order valence-corrected chi connectivity index (χ4v) is 4.74. The molecule has 4 amide bonds. The van der Waals surface area contributed by atoms with Crippen LogP contribution in [0.4, 0.5) is 0 Å². The van der Waals surface area contributed by atoms with Crippen molar-refractivity contribution in [3.05, 3.63) is 24.3 Å². The minimum absolute atomic E-state index is 0.122. The summed E-state index contributed by atoms with van der Waals surface area (Å²) in [4.78, 5) is 44.8. The highest BCUT2D eigenvalue weighted by Crippen LogP contribution is 2.42. The average molecular weight is 481 g/mol. The minimum atomic E-state index is -0.257. The van der Waals surface area contributed by atoms with Gasteiger partial charge in [0, 0.05) is 20.8 Å².